The summed E-state index contributed by atoms with van der Waals surface area (Å²) in [4.78, 5) is 8.73. The van der Waals surface area contributed by atoms with Crippen LogP contribution < -0.4 is 9.47 Å². The quantitative estimate of drug-likeness (QED) is 0.632. The first-order valence-electron chi connectivity index (χ1n) is 7.76. The van der Waals surface area contributed by atoms with Crippen molar-refractivity contribution in [1.82, 2.24) is 9.80 Å². The van der Waals surface area contributed by atoms with Crippen LogP contribution in [0.5, 0.6) is 11.5 Å². The zero-order chi connectivity index (χ0) is 16.3. The van der Waals surface area contributed by atoms with E-state index >= 15 is 0 Å². The van der Waals surface area contributed by atoms with Gasteiger partial charge in [0.25, 0.3) is 0 Å². The maximum atomic E-state index is 5.86. The van der Waals surface area contributed by atoms with Crippen LogP contribution in [0.3, 0.4) is 0 Å². The van der Waals surface area contributed by atoms with Gasteiger partial charge in [-0.1, -0.05) is 0 Å². The van der Waals surface area contributed by atoms with E-state index in [0.717, 1.165) is 29.4 Å². The van der Waals surface area contributed by atoms with Gasteiger partial charge < -0.3 is 19.3 Å². The molecule has 1 atom stereocenters. The van der Waals surface area contributed by atoms with Gasteiger partial charge in [-0.05, 0) is 26.0 Å². The number of fused-ring (bicyclic) bond motifs is 1. The van der Waals surface area contributed by atoms with Crippen LogP contribution in [-0.4, -0.2) is 56.7 Å². The number of guanidine groups is 1. The van der Waals surface area contributed by atoms with E-state index in [4.69, 9.17) is 14.5 Å². The minimum absolute atomic E-state index is 0.238. The van der Waals surface area contributed by atoms with Crippen LogP contribution in [0.4, 0.5) is 0 Å². The van der Waals surface area contributed by atoms with Gasteiger partial charge in [-0.2, -0.15) is 0 Å². The Balaban J connectivity index is 2.30. The van der Waals surface area contributed by atoms with Gasteiger partial charge in [-0.3, -0.25) is 0 Å². The van der Waals surface area contributed by atoms with Gasteiger partial charge in [0.2, 0.25) is 0 Å². The molecular formula is C17H27N3O2. The molecule has 0 amide bonds. The summed E-state index contributed by atoms with van der Waals surface area (Å²) in [7, 11) is 7.98. The van der Waals surface area contributed by atoms with Crippen molar-refractivity contribution in [3.05, 3.63) is 23.3 Å². The van der Waals surface area contributed by atoms with E-state index in [1.54, 1.807) is 0 Å². The standard InChI is InChI=1S/C17H27N3O2/c1-7-21-15-9-13-8-12(2)22-16(13)10-14(15)11-18-17(19(3)4)20(5)6/h9-10,12H,7-8,11H2,1-6H3. The predicted octanol–water partition coefficient (Wildman–Crippen LogP) is 2.39. The number of ether oxygens (including phenoxy) is 2. The number of aliphatic imine (C=N–C) groups is 1. The Morgan fingerprint density at radius 2 is 1.95 bits per heavy atom. The third kappa shape index (κ3) is 3.64. The Bertz CT molecular complexity index is 543. The van der Waals surface area contributed by atoms with Gasteiger partial charge in [-0.25, -0.2) is 4.99 Å². The smallest absolute Gasteiger partial charge is 0.195 e. The number of nitrogens with zero attached hydrogens (tertiary/aromatic N) is 3. The third-order valence-corrected chi connectivity index (χ3v) is 3.57. The number of rotatable bonds is 4. The number of benzene rings is 1. The van der Waals surface area contributed by atoms with E-state index in [2.05, 4.69) is 19.1 Å². The normalized spacial score (nSPS) is 15.8. The van der Waals surface area contributed by atoms with Gasteiger partial charge in [0.05, 0.1) is 13.2 Å². The van der Waals surface area contributed by atoms with Crippen LogP contribution in [0.1, 0.15) is 25.0 Å². The Hall–Kier alpha value is -1.91. The third-order valence-electron chi connectivity index (χ3n) is 3.57. The molecule has 0 fully saturated rings. The molecule has 22 heavy (non-hydrogen) atoms. The Kier molecular flexibility index (Phi) is 5.16. The lowest BCUT2D eigenvalue weighted by Crippen LogP contribution is -2.35. The van der Waals surface area contributed by atoms with Crippen molar-refractivity contribution in [2.24, 2.45) is 4.99 Å². The molecule has 1 aliphatic rings. The molecule has 1 aliphatic heterocycles. The maximum Gasteiger partial charge on any atom is 0.195 e. The predicted molar refractivity (Wildman–Crippen MR) is 89.9 cm³/mol. The summed E-state index contributed by atoms with van der Waals surface area (Å²) in [6, 6.07) is 4.19. The summed E-state index contributed by atoms with van der Waals surface area (Å²) in [5.74, 6) is 2.81. The summed E-state index contributed by atoms with van der Waals surface area (Å²) in [5.41, 5.74) is 2.29. The fourth-order valence-electron chi connectivity index (χ4n) is 2.73. The molecule has 1 aromatic rings. The molecule has 0 saturated carbocycles. The average molecular weight is 305 g/mol. The first-order chi connectivity index (χ1) is 10.4. The van der Waals surface area contributed by atoms with Crippen LogP contribution in [0.15, 0.2) is 17.1 Å². The minimum Gasteiger partial charge on any atom is -0.494 e. The topological polar surface area (TPSA) is 37.3 Å². The van der Waals surface area contributed by atoms with Crippen molar-refractivity contribution in [2.45, 2.75) is 32.9 Å². The molecule has 0 bridgehead atoms. The molecule has 1 heterocycles. The zero-order valence-electron chi connectivity index (χ0n) is 14.5. The molecule has 1 unspecified atom stereocenters. The largest absolute Gasteiger partial charge is 0.494 e. The highest BCUT2D eigenvalue weighted by Gasteiger charge is 2.21. The van der Waals surface area contributed by atoms with Crippen LogP contribution in [-0.2, 0) is 13.0 Å². The van der Waals surface area contributed by atoms with E-state index in [0.29, 0.717) is 13.2 Å². The number of hydrogen-bond acceptors (Lipinski definition) is 3. The molecule has 0 saturated heterocycles. The van der Waals surface area contributed by atoms with Gasteiger partial charge in [0.15, 0.2) is 5.96 Å². The minimum atomic E-state index is 0.238. The second-order valence-electron chi connectivity index (χ2n) is 6.04. The lowest BCUT2D eigenvalue weighted by molar-refractivity contribution is 0.254. The van der Waals surface area contributed by atoms with Gasteiger partial charge >= 0.3 is 0 Å². The molecule has 0 spiro atoms. The molecule has 2 rings (SSSR count). The Morgan fingerprint density at radius 1 is 1.27 bits per heavy atom. The van der Waals surface area contributed by atoms with Crippen LogP contribution in [0.25, 0.3) is 0 Å². The Morgan fingerprint density at radius 3 is 2.55 bits per heavy atom. The second-order valence-corrected chi connectivity index (χ2v) is 6.04. The fraction of sp³-hybridized carbons (Fsp3) is 0.588. The lowest BCUT2D eigenvalue weighted by atomic mass is 10.1. The van der Waals surface area contributed by atoms with Crippen LogP contribution >= 0.6 is 0 Å². The van der Waals surface area contributed by atoms with E-state index in [1.807, 2.05) is 44.9 Å². The average Bonchev–Trinajstić information content (AvgIpc) is 2.77. The van der Waals surface area contributed by atoms with Crippen molar-refractivity contribution < 1.29 is 9.47 Å². The van der Waals surface area contributed by atoms with E-state index in [9.17, 15) is 0 Å². The SMILES string of the molecule is CCOc1cc2c(cc1CN=C(N(C)C)N(C)C)OC(C)C2. The first kappa shape index (κ1) is 16.5. The highest BCUT2D eigenvalue weighted by molar-refractivity contribution is 5.79. The molecule has 5 heteroatoms. The summed E-state index contributed by atoms with van der Waals surface area (Å²) in [5, 5.41) is 0. The van der Waals surface area contributed by atoms with Crippen molar-refractivity contribution in [3.8, 4) is 11.5 Å². The summed E-state index contributed by atoms with van der Waals surface area (Å²) < 4.78 is 11.7. The fourth-order valence-corrected chi connectivity index (χ4v) is 2.73. The molecule has 0 N–H and O–H groups in total. The van der Waals surface area contributed by atoms with Crippen molar-refractivity contribution in [2.75, 3.05) is 34.8 Å². The monoisotopic (exact) mass is 305 g/mol. The molecule has 0 radical (unpaired) electrons. The van der Waals surface area contributed by atoms with Gasteiger partial charge in [0, 0.05) is 45.7 Å². The molecule has 122 valence electrons. The first-order valence-corrected chi connectivity index (χ1v) is 7.76. The molecule has 5 nitrogen and oxygen atoms in total. The Labute approximate surface area is 133 Å². The number of hydrogen-bond donors (Lipinski definition) is 0. The molecule has 1 aromatic carbocycles. The van der Waals surface area contributed by atoms with Gasteiger partial charge in [-0.15, -0.1) is 0 Å². The van der Waals surface area contributed by atoms with Crippen molar-refractivity contribution in [1.29, 1.82) is 0 Å². The van der Waals surface area contributed by atoms with E-state index in [1.165, 1.54) is 5.56 Å². The second kappa shape index (κ2) is 6.90. The zero-order valence-corrected chi connectivity index (χ0v) is 14.5. The van der Waals surface area contributed by atoms with Crippen molar-refractivity contribution >= 4 is 5.96 Å². The highest BCUT2D eigenvalue weighted by Crippen LogP contribution is 2.35. The molecular weight excluding hydrogens is 278 g/mol. The lowest BCUT2D eigenvalue weighted by Gasteiger charge is -2.23. The van der Waals surface area contributed by atoms with Crippen molar-refractivity contribution in [3.63, 3.8) is 0 Å². The maximum absolute atomic E-state index is 5.86. The van der Waals surface area contributed by atoms with Crippen LogP contribution in [0, 0.1) is 0 Å². The van der Waals surface area contributed by atoms with Gasteiger partial charge in [0.1, 0.15) is 17.6 Å². The summed E-state index contributed by atoms with van der Waals surface area (Å²) in [6.45, 7) is 5.32. The van der Waals surface area contributed by atoms with Crippen LogP contribution in [0.2, 0.25) is 0 Å². The summed E-state index contributed by atoms with van der Waals surface area (Å²) >= 11 is 0. The summed E-state index contributed by atoms with van der Waals surface area (Å²) in [6.07, 6.45) is 1.18. The van der Waals surface area contributed by atoms with E-state index in [-0.39, 0.29) is 6.10 Å². The molecule has 0 aliphatic carbocycles. The molecule has 0 aromatic heterocycles. The van der Waals surface area contributed by atoms with E-state index < -0.39 is 0 Å². The highest BCUT2D eigenvalue weighted by atomic mass is 16.5.